The predicted octanol–water partition coefficient (Wildman–Crippen LogP) is 3.31. The lowest BCUT2D eigenvalue weighted by Crippen LogP contribution is -2.41. The van der Waals surface area contributed by atoms with E-state index in [4.69, 9.17) is 4.74 Å². The molecule has 1 saturated heterocycles. The topological polar surface area (TPSA) is 32.7 Å². The van der Waals surface area contributed by atoms with Crippen LogP contribution in [-0.2, 0) is 0 Å². The Kier molecular flexibility index (Phi) is 4.96. The number of benzene rings is 2. The van der Waals surface area contributed by atoms with E-state index in [-0.39, 0.29) is 0 Å². The number of piperidine rings is 1. The van der Waals surface area contributed by atoms with Gasteiger partial charge in [-0.3, -0.25) is 0 Å². The number of likely N-dealkylation sites (tertiary alicyclic amines) is 1. The van der Waals surface area contributed by atoms with Gasteiger partial charge in [0.2, 0.25) is 0 Å². The summed E-state index contributed by atoms with van der Waals surface area (Å²) in [5.41, 5.74) is 0. The van der Waals surface area contributed by atoms with Crippen molar-refractivity contribution in [2.45, 2.75) is 25.9 Å². The van der Waals surface area contributed by atoms with Gasteiger partial charge in [0.15, 0.2) is 0 Å². The molecule has 118 valence electrons. The molecular formula is C19H25NO2. The minimum atomic E-state index is -0.440. The Morgan fingerprint density at radius 1 is 1.23 bits per heavy atom. The van der Waals surface area contributed by atoms with Gasteiger partial charge in [0, 0.05) is 18.5 Å². The molecule has 0 saturated carbocycles. The summed E-state index contributed by atoms with van der Waals surface area (Å²) in [6, 6.07) is 14.2. The van der Waals surface area contributed by atoms with Crippen molar-refractivity contribution >= 4 is 10.8 Å². The molecule has 1 heterocycles. The molecule has 0 spiro atoms. The Morgan fingerprint density at radius 2 is 2.05 bits per heavy atom. The van der Waals surface area contributed by atoms with Crippen molar-refractivity contribution in [1.29, 1.82) is 0 Å². The molecule has 0 amide bonds. The van der Waals surface area contributed by atoms with Gasteiger partial charge in [0.25, 0.3) is 0 Å². The highest BCUT2D eigenvalue weighted by atomic mass is 16.5. The van der Waals surface area contributed by atoms with E-state index in [9.17, 15) is 5.11 Å². The van der Waals surface area contributed by atoms with Crippen LogP contribution >= 0.6 is 0 Å². The summed E-state index contributed by atoms with van der Waals surface area (Å²) in [7, 11) is 0. The average Bonchev–Trinajstić information content (AvgIpc) is 2.53. The van der Waals surface area contributed by atoms with Crippen molar-refractivity contribution in [2.75, 3.05) is 26.2 Å². The smallest absolute Gasteiger partial charge is 0.127 e. The second kappa shape index (κ2) is 7.12. The molecule has 0 unspecified atom stereocenters. The lowest BCUT2D eigenvalue weighted by atomic mass is 10.0. The normalized spacial score (nSPS) is 20.9. The van der Waals surface area contributed by atoms with Crippen LogP contribution in [0.4, 0.5) is 0 Å². The third-order valence-corrected chi connectivity index (χ3v) is 4.39. The number of nitrogens with zero attached hydrogens (tertiary/aromatic N) is 1. The molecule has 2 aromatic carbocycles. The van der Waals surface area contributed by atoms with Gasteiger partial charge in [0.1, 0.15) is 18.5 Å². The van der Waals surface area contributed by atoms with Crippen molar-refractivity contribution in [3.8, 4) is 5.75 Å². The van der Waals surface area contributed by atoms with Crippen LogP contribution in [0, 0.1) is 5.92 Å². The Labute approximate surface area is 132 Å². The number of fused-ring (bicyclic) bond motifs is 1. The number of aliphatic hydroxyl groups is 1. The van der Waals surface area contributed by atoms with Crippen LogP contribution < -0.4 is 4.74 Å². The van der Waals surface area contributed by atoms with E-state index < -0.39 is 6.10 Å². The molecule has 0 aromatic heterocycles. The number of hydrogen-bond donors (Lipinski definition) is 1. The van der Waals surface area contributed by atoms with Gasteiger partial charge in [-0.2, -0.15) is 0 Å². The van der Waals surface area contributed by atoms with E-state index in [1.165, 1.54) is 18.2 Å². The summed E-state index contributed by atoms with van der Waals surface area (Å²) in [6.45, 7) is 5.51. The standard InChI is InChI=1S/C19H25NO2/c1-15-6-5-11-20(12-15)13-17(21)14-22-19-10-4-8-16-7-2-3-9-18(16)19/h2-4,7-10,15,17,21H,5-6,11-14H2,1H3/t15-,17-/m0/s1. The summed E-state index contributed by atoms with van der Waals surface area (Å²) in [6.07, 6.45) is 2.10. The Balaban J connectivity index is 1.57. The van der Waals surface area contributed by atoms with Crippen LogP contribution in [0.3, 0.4) is 0 Å². The summed E-state index contributed by atoms with van der Waals surface area (Å²) in [4.78, 5) is 2.35. The van der Waals surface area contributed by atoms with Crippen LogP contribution in [0.1, 0.15) is 19.8 Å². The zero-order chi connectivity index (χ0) is 15.4. The van der Waals surface area contributed by atoms with Gasteiger partial charge in [-0.15, -0.1) is 0 Å². The number of rotatable bonds is 5. The molecule has 3 nitrogen and oxygen atoms in total. The second-order valence-corrected chi connectivity index (χ2v) is 6.45. The minimum Gasteiger partial charge on any atom is -0.490 e. The van der Waals surface area contributed by atoms with Crippen LogP contribution in [0.25, 0.3) is 10.8 Å². The fourth-order valence-electron chi connectivity index (χ4n) is 3.31. The first kappa shape index (κ1) is 15.3. The maximum atomic E-state index is 10.3. The van der Waals surface area contributed by atoms with Crippen LogP contribution in [0.15, 0.2) is 42.5 Å². The summed E-state index contributed by atoms with van der Waals surface area (Å²) in [5.74, 6) is 1.59. The van der Waals surface area contributed by atoms with Crippen molar-refractivity contribution in [1.82, 2.24) is 4.90 Å². The van der Waals surface area contributed by atoms with Crippen molar-refractivity contribution in [2.24, 2.45) is 5.92 Å². The average molecular weight is 299 g/mol. The minimum absolute atomic E-state index is 0.346. The van der Waals surface area contributed by atoms with E-state index in [2.05, 4.69) is 30.0 Å². The maximum absolute atomic E-state index is 10.3. The molecule has 1 aliphatic rings. The lowest BCUT2D eigenvalue weighted by Gasteiger charge is -2.32. The molecule has 1 aliphatic heterocycles. The first-order valence-electron chi connectivity index (χ1n) is 8.23. The molecule has 2 aromatic rings. The van der Waals surface area contributed by atoms with E-state index in [1.54, 1.807) is 0 Å². The molecule has 22 heavy (non-hydrogen) atoms. The molecule has 0 bridgehead atoms. The predicted molar refractivity (Wildman–Crippen MR) is 90.3 cm³/mol. The zero-order valence-corrected chi connectivity index (χ0v) is 13.2. The number of β-amino-alcohol motifs (C(OH)–C–C–N with tert-alkyl or cyclic N) is 1. The van der Waals surface area contributed by atoms with Gasteiger partial charge in [0.05, 0.1) is 0 Å². The lowest BCUT2D eigenvalue weighted by molar-refractivity contribution is 0.0541. The van der Waals surface area contributed by atoms with E-state index >= 15 is 0 Å². The highest BCUT2D eigenvalue weighted by molar-refractivity contribution is 5.88. The van der Waals surface area contributed by atoms with E-state index in [1.807, 2.05) is 24.3 Å². The van der Waals surface area contributed by atoms with Gasteiger partial charge >= 0.3 is 0 Å². The quantitative estimate of drug-likeness (QED) is 0.919. The first-order valence-corrected chi connectivity index (χ1v) is 8.23. The number of aliphatic hydroxyl groups excluding tert-OH is 1. The number of ether oxygens (including phenoxy) is 1. The third kappa shape index (κ3) is 3.79. The molecule has 2 atom stereocenters. The fourth-order valence-corrected chi connectivity index (χ4v) is 3.31. The molecule has 0 aliphatic carbocycles. The monoisotopic (exact) mass is 299 g/mol. The van der Waals surface area contributed by atoms with E-state index in [0.717, 1.165) is 30.1 Å². The summed E-state index contributed by atoms with van der Waals surface area (Å²) >= 11 is 0. The van der Waals surface area contributed by atoms with Gasteiger partial charge in [-0.25, -0.2) is 0 Å². The molecule has 1 N–H and O–H groups in total. The van der Waals surface area contributed by atoms with Crippen LogP contribution in [0.2, 0.25) is 0 Å². The van der Waals surface area contributed by atoms with Crippen molar-refractivity contribution < 1.29 is 9.84 Å². The Bertz CT molecular complexity index is 608. The SMILES string of the molecule is C[C@H]1CCCN(C[C@H](O)COc2cccc3ccccc23)C1. The first-order chi connectivity index (χ1) is 10.7. The third-order valence-electron chi connectivity index (χ3n) is 4.39. The fraction of sp³-hybridized carbons (Fsp3) is 0.474. The van der Waals surface area contributed by atoms with Crippen LogP contribution in [-0.4, -0.2) is 42.4 Å². The molecule has 3 rings (SSSR count). The van der Waals surface area contributed by atoms with Crippen molar-refractivity contribution in [3.63, 3.8) is 0 Å². The van der Waals surface area contributed by atoms with E-state index in [0.29, 0.717) is 13.2 Å². The maximum Gasteiger partial charge on any atom is 0.127 e. The zero-order valence-electron chi connectivity index (χ0n) is 13.2. The Morgan fingerprint density at radius 3 is 2.91 bits per heavy atom. The molecule has 0 radical (unpaired) electrons. The number of hydrogen-bond acceptors (Lipinski definition) is 3. The van der Waals surface area contributed by atoms with Gasteiger partial charge in [-0.05, 0) is 36.8 Å². The van der Waals surface area contributed by atoms with Crippen molar-refractivity contribution in [3.05, 3.63) is 42.5 Å². The summed E-state index contributed by atoms with van der Waals surface area (Å²) < 4.78 is 5.87. The highest BCUT2D eigenvalue weighted by Gasteiger charge is 2.19. The molecule has 1 fully saturated rings. The van der Waals surface area contributed by atoms with Gasteiger partial charge < -0.3 is 14.7 Å². The summed E-state index contributed by atoms with van der Waals surface area (Å²) in [5, 5.41) is 12.5. The molecular weight excluding hydrogens is 274 g/mol. The van der Waals surface area contributed by atoms with Gasteiger partial charge in [-0.1, -0.05) is 43.3 Å². The Hall–Kier alpha value is -1.58. The van der Waals surface area contributed by atoms with Crippen LogP contribution in [0.5, 0.6) is 5.75 Å². The molecule has 3 heteroatoms. The largest absolute Gasteiger partial charge is 0.490 e. The second-order valence-electron chi connectivity index (χ2n) is 6.45. The highest BCUT2D eigenvalue weighted by Crippen LogP contribution is 2.25.